The van der Waals surface area contributed by atoms with Crippen LogP contribution in [0.2, 0.25) is 0 Å². The van der Waals surface area contributed by atoms with Gasteiger partial charge < -0.3 is 15.2 Å². The van der Waals surface area contributed by atoms with Crippen LogP contribution < -0.4 is 10.1 Å². The van der Waals surface area contributed by atoms with Gasteiger partial charge in [-0.2, -0.15) is 5.26 Å². The zero-order chi connectivity index (χ0) is 14.3. The highest BCUT2D eigenvalue weighted by atomic mass is 16.5. The molecule has 0 aliphatic rings. The summed E-state index contributed by atoms with van der Waals surface area (Å²) < 4.78 is 5.47. The minimum atomic E-state index is -0.630. The van der Waals surface area contributed by atoms with Crippen molar-refractivity contribution < 1.29 is 14.6 Å². The van der Waals surface area contributed by atoms with E-state index in [1.54, 1.807) is 31.2 Å². The number of nitriles is 1. The van der Waals surface area contributed by atoms with Gasteiger partial charge in [0, 0.05) is 12.6 Å². The van der Waals surface area contributed by atoms with E-state index < -0.39 is 6.10 Å². The Labute approximate surface area is 112 Å². The first-order valence-corrected chi connectivity index (χ1v) is 6.15. The van der Waals surface area contributed by atoms with Gasteiger partial charge in [0.25, 0.3) is 5.91 Å². The summed E-state index contributed by atoms with van der Waals surface area (Å²) in [5.74, 6) is 0.307. The molecule has 2 N–H and O–H groups in total. The van der Waals surface area contributed by atoms with Crippen molar-refractivity contribution in [2.45, 2.75) is 32.4 Å². The summed E-state index contributed by atoms with van der Waals surface area (Å²) in [5, 5.41) is 20.2. The lowest BCUT2D eigenvalue weighted by Gasteiger charge is -2.18. The molecule has 0 heterocycles. The number of nitrogens with one attached hydrogen (secondary N) is 1. The molecule has 0 aliphatic carbocycles. The third-order valence-corrected chi connectivity index (χ3v) is 2.62. The number of benzene rings is 1. The maximum atomic E-state index is 11.8. The fourth-order valence-corrected chi connectivity index (χ4v) is 1.49. The van der Waals surface area contributed by atoms with Crippen molar-refractivity contribution in [2.24, 2.45) is 0 Å². The van der Waals surface area contributed by atoms with Crippen LogP contribution in [0.15, 0.2) is 24.3 Å². The number of aliphatic hydroxyl groups is 1. The van der Waals surface area contributed by atoms with Gasteiger partial charge in [-0.1, -0.05) is 0 Å². The number of amides is 1. The van der Waals surface area contributed by atoms with Gasteiger partial charge in [-0.3, -0.25) is 4.79 Å². The maximum absolute atomic E-state index is 11.8. The molecule has 0 aromatic heterocycles. The molecule has 0 saturated heterocycles. The molecule has 102 valence electrons. The van der Waals surface area contributed by atoms with Crippen molar-refractivity contribution in [3.63, 3.8) is 0 Å². The predicted octanol–water partition coefficient (Wildman–Crippen LogP) is 1.21. The van der Waals surface area contributed by atoms with Crippen molar-refractivity contribution in [2.75, 3.05) is 6.61 Å². The van der Waals surface area contributed by atoms with Gasteiger partial charge in [-0.15, -0.1) is 0 Å². The molecular weight excluding hydrogens is 244 g/mol. The third-order valence-electron chi connectivity index (χ3n) is 2.62. The number of rotatable bonds is 6. The summed E-state index contributed by atoms with van der Waals surface area (Å²) in [6.07, 6.45) is -0.121. The monoisotopic (exact) mass is 262 g/mol. The lowest BCUT2D eigenvalue weighted by Crippen LogP contribution is -2.41. The Morgan fingerprint density at radius 3 is 2.58 bits per heavy atom. The molecule has 0 spiro atoms. The lowest BCUT2D eigenvalue weighted by molar-refractivity contribution is -0.127. The van der Waals surface area contributed by atoms with E-state index in [0.717, 1.165) is 0 Å². The summed E-state index contributed by atoms with van der Waals surface area (Å²) >= 11 is 0. The first kappa shape index (κ1) is 15.0. The molecule has 0 aliphatic heterocycles. The first-order chi connectivity index (χ1) is 9.06. The smallest absolute Gasteiger partial charge is 0.260 e. The SMILES string of the molecule is CC(CCO)NC(=O)C(C)Oc1ccc(C#N)cc1. The molecule has 0 saturated carbocycles. The first-order valence-electron chi connectivity index (χ1n) is 6.15. The average Bonchev–Trinajstić information content (AvgIpc) is 2.39. The number of aliphatic hydroxyl groups excluding tert-OH is 1. The number of carbonyl (C=O) groups excluding carboxylic acids is 1. The molecule has 2 atom stereocenters. The summed E-state index contributed by atoms with van der Waals surface area (Å²) in [6.45, 7) is 3.51. The van der Waals surface area contributed by atoms with Gasteiger partial charge >= 0.3 is 0 Å². The van der Waals surface area contributed by atoms with E-state index in [1.165, 1.54) is 0 Å². The maximum Gasteiger partial charge on any atom is 0.260 e. The molecule has 1 aromatic carbocycles. The topological polar surface area (TPSA) is 82.3 Å². The van der Waals surface area contributed by atoms with Gasteiger partial charge in [0.2, 0.25) is 0 Å². The Balaban J connectivity index is 2.51. The standard InChI is InChI=1S/C14H18N2O3/c1-10(7-8-17)16-14(18)11(2)19-13-5-3-12(9-15)4-6-13/h3-6,10-11,17H,7-8H2,1-2H3,(H,16,18). The second-order valence-corrected chi connectivity index (χ2v) is 4.32. The van der Waals surface area contributed by atoms with Crippen LogP contribution in [-0.2, 0) is 4.79 Å². The summed E-state index contributed by atoms with van der Waals surface area (Å²) in [5.41, 5.74) is 0.543. The summed E-state index contributed by atoms with van der Waals surface area (Å²) in [7, 11) is 0. The lowest BCUT2D eigenvalue weighted by atomic mass is 10.2. The molecular formula is C14H18N2O3. The van der Waals surface area contributed by atoms with Crippen LogP contribution in [0.4, 0.5) is 0 Å². The van der Waals surface area contributed by atoms with E-state index in [1.807, 2.05) is 13.0 Å². The van der Waals surface area contributed by atoms with E-state index in [0.29, 0.717) is 17.7 Å². The number of hydrogen-bond acceptors (Lipinski definition) is 4. The van der Waals surface area contributed by atoms with Crippen LogP contribution in [0.3, 0.4) is 0 Å². The molecule has 1 aromatic rings. The largest absolute Gasteiger partial charge is 0.481 e. The molecule has 0 fully saturated rings. The summed E-state index contributed by atoms with van der Waals surface area (Å²) in [6, 6.07) is 8.49. The molecule has 1 rings (SSSR count). The van der Waals surface area contributed by atoms with Crippen LogP contribution in [-0.4, -0.2) is 29.8 Å². The normalized spacial score (nSPS) is 13.2. The quantitative estimate of drug-likeness (QED) is 0.807. The summed E-state index contributed by atoms with van der Waals surface area (Å²) in [4.78, 5) is 11.8. The van der Waals surface area contributed by atoms with Crippen molar-refractivity contribution in [1.29, 1.82) is 5.26 Å². The van der Waals surface area contributed by atoms with Gasteiger partial charge in [-0.25, -0.2) is 0 Å². The van der Waals surface area contributed by atoms with Crippen molar-refractivity contribution in [3.8, 4) is 11.8 Å². The van der Waals surface area contributed by atoms with Gasteiger partial charge in [0.15, 0.2) is 6.10 Å². The van der Waals surface area contributed by atoms with Gasteiger partial charge in [0.1, 0.15) is 5.75 Å². The number of carbonyl (C=O) groups is 1. The van der Waals surface area contributed by atoms with Crippen LogP contribution in [0, 0.1) is 11.3 Å². The van der Waals surface area contributed by atoms with E-state index in [-0.39, 0.29) is 18.6 Å². The second-order valence-electron chi connectivity index (χ2n) is 4.32. The predicted molar refractivity (Wildman–Crippen MR) is 70.6 cm³/mol. The molecule has 1 amide bonds. The van der Waals surface area contributed by atoms with E-state index in [2.05, 4.69) is 5.32 Å². The fourth-order valence-electron chi connectivity index (χ4n) is 1.49. The van der Waals surface area contributed by atoms with E-state index in [4.69, 9.17) is 15.1 Å². The molecule has 5 nitrogen and oxygen atoms in total. The molecule has 0 radical (unpaired) electrons. The van der Waals surface area contributed by atoms with Crippen molar-refractivity contribution in [1.82, 2.24) is 5.32 Å². The average molecular weight is 262 g/mol. The zero-order valence-corrected chi connectivity index (χ0v) is 11.1. The zero-order valence-electron chi connectivity index (χ0n) is 11.1. The Bertz CT molecular complexity index is 451. The molecule has 19 heavy (non-hydrogen) atoms. The Kier molecular flexibility index (Phi) is 5.83. The molecule has 2 unspecified atom stereocenters. The van der Waals surface area contributed by atoms with Gasteiger partial charge in [-0.05, 0) is 44.5 Å². The number of hydrogen-bond donors (Lipinski definition) is 2. The van der Waals surface area contributed by atoms with Crippen molar-refractivity contribution >= 4 is 5.91 Å². The molecule has 0 bridgehead atoms. The van der Waals surface area contributed by atoms with Crippen molar-refractivity contribution in [3.05, 3.63) is 29.8 Å². The van der Waals surface area contributed by atoms with Crippen LogP contribution in [0.25, 0.3) is 0 Å². The highest BCUT2D eigenvalue weighted by Gasteiger charge is 2.16. The minimum Gasteiger partial charge on any atom is -0.481 e. The fraction of sp³-hybridized carbons (Fsp3) is 0.429. The second kappa shape index (κ2) is 7.39. The number of ether oxygens (including phenoxy) is 1. The Morgan fingerprint density at radius 1 is 1.42 bits per heavy atom. The Hall–Kier alpha value is -2.06. The van der Waals surface area contributed by atoms with E-state index >= 15 is 0 Å². The van der Waals surface area contributed by atoms with Crippen LogP contribution in [0.5, 0.6) is 5.75 Å². The third kappa shape index (κ3) is 4.98. The minimum absolute atomic E-state index is 0.0340. The van der Waals surface area contributed by atoms with E-state index in [9.17, 15) is 4.79 Å². The highest BCUT2D eigenvalue weighted by Crippen LogP contribution is 2.13. The molecule has 5 heteroatoms. The van der Waals surface area contributed by atoms with Crippen LogP contribution in [0.1, 0.15) is 25.8 Å². The number of nitrogens with zero attached hydrogens (tertiary/aromatic N) is 1. The highest BCUT2D eigenvalue weighted by molar-refractivity contribution is 5.80. The van der Waals surface area contributed by atoms with Crippen LogP contribution >= 0.6 is 0 Å². The Morgan fingerprint density at radius 2 is 2.05 bits per heavy atom. The van der Waals surface area contributed by atoms with Gasteiger partial charge in [0.05, 0.1) is 11.6 Å².